The molecule has 2 rings (SSSR count). The van der Waals surface area contributed by atoms with Gasteiger partial charge >= 0.3 is 0 Å². The minimum atomic E-state index is -0.146. The van der Waals surface area contributed by atoms with E-state index < -0.39 is 0 Å². The van der Waals surface area contributed by atoms with Gasteiger partial charge in [-0.2, -0.15) is 0 Å². The van der Waals surface area contributed by atoms with Crippen LogP contribution in [0.2, 0.25) is 0 Å². The van der Waals surface area contributed by atoms with Gasteiger partial charge in [0.2, 0.25) is 0 Å². The molecule has 0 spiro atoms. The van der Waals surface area contributed by atoms with Gasteiger partial charge in [-0.25, -0.2) is 4.98 Å². The summed E-state index contributed by atoms with van der Waals surface area (Å²) in [5, 5.41) is 6.20. The van der Waals surface area contributed by atoms with E-state index in [0.717, 1.165) is 24.3 Å². The number of likely N-dealkylation sites (N-methyl/N-ethyl adjacent to an activating group) is 1. The Morgan fingerprint density at radius 3 is 2.61 bits per heavy atom. The molecule has 0 radical (unpaired) electrons. The number of anilines is 2. The first-order valence-electron chi connectivity index (χ1n) is 7.84. The Labute approximate surface area is 137 Å². The summed E-state index contributed by atoms with van der Waals surface area (Å²) in [5.41, 5.74) is 3.62. The molecule has 23 heavy (non-hydrogen) atoms. The molecule has 1 amide bonds. The molecular formula is C18H24N4O. The van der Waals surface area contributed by atoms with Gasteiger partial charge in [-0.1, -0.05) is 25.1 Å². The van der Waals surface area contributed by atoms with E-state index in [1.54, 1.807) is 12.3 Å². The number of nitrogens with zero attached hydrogens (tertiary/aromatic N) is 2. The number of carbonyl (C=O) groups excluding carboxylic acids is 1. The van der Waals surface area contributed by atoms with Crippen molar-refractivity contribution in [2.75, 3.05) is 32.5 Å². The van der Waals surface area contributed by atoms with Gasteiger partial charge in [0.05, 0.1) is 11.9 Å². The molecule has 0 aliphatic rings. The molecule has 0 aliphatic carbocycles. The summed E-state index contributed by atoms with van der Waals surface area (Å²) in [5.74, 6) is -0.146. The molecule has 1 heterocycles. The van der Waals surface area contributed by atoms with Crippen LogP contribution >= 0.6 is 0 Å². The van der Waals surface area contributed by atoms with Crippen molar-refractivity contribution < 1.29 is 4.79 Å². The smallest absolute Gasteiger partial charge is 0.269 e. The molecule has 0 fully saturated rings. The lowest BCUT2D eigenvalue weighted by Crippen LogP contribution is -2.31. The van der Waals surface area contributed by atoms with Crippen LogP contribution < -0.4 is 10.6 Å². The van der Waals surface area contributed by atoms with Crippen LogP contribution in [-0.2, 0) is 6.42 Å². The van der Waals surface area contributed by atoms with E-state index in [1.807, 2.05) is 43.3 Å². The molecule has 5 nitrogen and oxygen atoms in total. The predicted molar refractivity (Wildman–Crippen MR) is 94.2 cm³/mol. The number of amides is 1. The number of aromatic nitrogens is 1. The van der Waals surface area contributed by atoms with Gasteiger partial charge in [0, 0.05) is 18.8 Å². The van der Waals surface area contributed by atoms with E-state index in [0.29, 0.717) is 12.2 Å². The lowest BCUT2D eigenvalue weighted by atomic mass is 10.1. The van der Waals surface area contributed by atoms with Crippen LogP contribution in [0.5, 0.6) is 0 Å². The van der Waals surface area contributed by atoms with Crippen LogP contribution in [0.3, 0.4) is 0 Å². The average molecular weight is 312 g/mol. The Morgan fingerprint density at radius 1 is 1.17 bits per heavy atom. The second kappa shape index (κ2) is 8.29. The quantitative estimate of drug-likeness (QED) is 0.825. The third-order valence-corrected chi connectivity index (χ3v) is 3.52. The first-order chi connectivity index (χ1) is 11.1. The number of nitrogens with one attached hydrogen (secondary N) is 2. The van der Waals surface area contributed by atoms with Crippen LogP contribution in [-0.4, -0.2) is 43.0 Å². The molecule has 0 unspecified atom stereocenters. The number of aryl methyl sites for hydroxylation is 1. The van der Waals surface area contributed by atoms with Crippen LogP contribution in [0.25, 0.3) is 0 Å². The number of pyridine rings is 1. The first kappa shape index (κ1) is 17.0. The molecular weight excluding hydrogens is 288 g/mol. The lowest BCUT2D eigenvalue weighted by Gasteiger charge is -2.12. The lowest BCUT2D eigenvalue weighted by molar-refractivity contribution is 0.0946. The number of carbonyl (C=O) groups is 1. The highest BCUT2D eigenvalue weighted by molar-refractivity contribution is 5.92. The van der Waals surface area contributed by atoms with Gasteiger partial charge in [0.25, 0.3) is 5.91 Å². The average Bonchev–Trinajstić information content (AvgIpc) is 2.55. The van der Waals surface area contributed by atoms with Crippen molar-refractivity contribution in [2.45, 2.75) is 13.3 Å². The maximum atomic E-state index is 12.0. The summed E-state index contributed by atoms with van der Waals surface area (Å²) in [6, 6.07) is 11.8. The summed E-state index contributed by atoms with van der Waals surface area (Å²) in [7, 11) is 3.94. The maximum Gasteiger partial charge on any atom is 0.269 e. The van der Waals surface area contributed by atoms with Gasteiger partial charge in [0.15, 0.2) is 0 Å². The third-order valence-electron chi connectivity index (χ3n) is 3.52. The zero-order valence-electron chi connectivity index (χ0n) is 14.0. The molecule has 5 heteroatoms. The van der Waals surface area contributed by atoms with Crippen molar-refractivity contribution in [1.29, 1.82) is 0 Å². The van der Waals surface area contributed by atoms with Crippen LogP contribution in [0, 0.1) is 0 Å². The van der Waals surface area contributed by atoms with E-state index in [2.05, 4.69) is 28.6 Å². The zero-order valence-corrected chi connectivity index (χ0v) is 14.0. The monoisotopic (exact) mass is 312 g/mol. The SMILES string of the molecule is CCc1ccccc1Nc1ccc(C(=O)NCCN(C)C)nc1. The van der Waals surface area contributed by atoms with Crippen LogP contribution in [0.4, 0.5) is 11.4 Å². The fraction of sp³-hybridized carbons (Fsp3) is 0.333. The summed E-state index contributed by atoms with van der Waals surface area (Å²) in [6.07, 6.45) is 2.65. The van der Waals surface area contributed by atoms with Crippen molar-refractivity contribution in [2.24, 2.45) is 0 Å². The summed E-state index contributed by atoms with van der Waals surface area (Å²) < 4.78 is 0. The molecule has 0 saturated carbocycles. The van der Waals surface area contributed by atoms with Gasteiger partial charge in [-0.05, 0) is 44.3 Å². The van der Waals surface area contributed by atoms with E-state index in [1.165, 1.54) is 5.56 Å². The van der Waals surface area contributed by atoms with Crippen molar-refractivity contribution in [3.63, 3.8) is 0 Å². The van der Waals surface area contributed by atoms with Gasteiger partial charge in [0.1, 0.15) is 5.69 Å². The summed E-state index contributed by atoms with van der Waals surface area (Å²) >= 11 is 0. The highest BCUT2D eigenvalue weighted by Gasteiger charge is 2.07. The summed E-state index contributed by atoms with van der Waals surface area (Å²) in [6.45, 7) is 3.54. The molecule has 1 aromatic heterocycles. The Kier molecular flexibility index (Phi) is 6.11. The van der Waals surface area contributed by atoms with E-state index in [4.69, 9.17) is 0 Å². The largest absolute Gasteiger partial charge is 0.354 e. The molecule has 0 bridgehead atoms. The van der Waals surface area contributed by atoms with E-state index in [9.17, 15) is 4.79 Å². The van der Waals surface area contributed by atoms with Crippen LogP contribution in [0.15, 0.2) is 42.6 Å². The Hall–Kier alpha value is -2.40. The van der Waals surface area contributed by atoms with Gasteiger partial charge < -0.3 is 15.5 Å². The fourth-order valence-corrected chi connectivity index (χ4v) is 2.19. The minimum Gasteiger partial charge on any atom is -0.354 e. The highest BCUT2D eigenvalue weighted by atomic mass is 16.1. The van der Waals surface area contributed by atoms with Crippen molar-refractivity contribution >= 4 is 17.3 Å². The Balaban J connectivity index is 1.98. The predicted octanol–water partition coefficient (Wildman–Crippen LogP) is 2.68. The molecule has 1 aromatic carbocycles. The Morgan fingerprint density at radius 2 is 1.96 bits per heavy atom. The number of rotatable bonds is 7. The first-order valence-corrected chi connectivity index (χ1v) is 7.84. The van der Waals surface area contributed by atoms with Gasteiger partial charge in [-0.15, -0.1) is 0 Å². The normalized spacial score (nSPS) is 10.6. The number of hydrogen-bond acceptors (Lipinski definition) is 4. The molecule has 0 aliphatic heterocycles. The van der Waals surface area contributed by atoms with Gasteiger partial charge in [-0.3, -0.25) is 4.79 Å². The highest BCUT2D eigenvalue weighted by Crippen LogP contribution is 2.20. The second-order valence-corrected chi connectivity index (χ2v) is 5.63. The number of hydrogen-bond donors (Lipinski definition) is 2. The maximum absolute atomic E-state index is 12.0. The third kappa shape index (κ3) is 5.07. The molecule has 0 saturated heterocycles. The second-order valence-electron chi connectivity index (χ2n) is 5.63. The fourth-order valence-electron chi connectivity index (χ4n) is 2.19. The topological polar surface area (TPSA) is 57.3 Å². The minimum absolute atomic E-state index is 0.146. The van der Waals surface area contributed by atoms with E-state index in [-0.39, 0.29) is 5.91 Å². The van der Waals surface area contributed by atoms with Crippen molar-refractivity contribution in [3.8, 4) is 0 Å². The van der Waals surface area contributed by atoms with E-state index >= 15 is 0 Å². The molecule has 122 valence electrons. The van der Waals surface area contributed by atoms with Crippen molar-refractivity contribution in [1.82, 2.24) is 15.2 Å². The van der Waals surface area contributed by atoms with Crippen LogP contribution in [0.1, 0.15) is 23.0 Å². The standard InChI is InChI=1S/C18H24N4O/c1-4-14-7-5-6-8-16(14)21-15-9-10-17(20-13-15)18(23)19-11-12-22(2)3/h5-10,13,21H,4,11-12H2,1-3H3,(H,19,23). The number of para-hydroxylation sites is 1. The molecule has 0 atom stereocenters. The molecule has 2 aromatic rings. The Bertz CT molecular complexity index is 638. The van der Waals surface area contributed by atoms with Crippen molar-refractivity contribution in [3.05, 3.63) is 53.9 Å². The zero-order chi connectivity index (χ0) is 16.7. The molecule has 2 N–H and O–H groups in total. The summed E-state index contributed by atoms with van der Waals surface area (Å²) in [4.78, 5) is 18.2. The number of benzene rings is 1.